The molecule has 274 valence electrons. The number of anilines is 5. The van der Waals surface area contributed by atoms with Crippen LogP contribution in [0.15, 0.2) is 70.7 Å². The molecule has 15 nitrogen and oxygen atoms in total. The number of halogens is 4. The number of H-pyrrole nitrogens is 2. The van der Waals surface area contributed by atoms with Gasteiger partial charge in [0, 0.05) is 46.9 Å². The minimum Gasteiger partial charge on any atom is -0.493 e. The number of aldehydes is 1. The van der Waals surface area contributed by atoms with E-state index in [2.05, 4.69) is 51.1 Å². The number of fused-ring (bicyclic) bond motifs is 2. The molecule has 5 aromatic heterocycles. The molecule has 0 spiro atoms. The van der Waals surface area contributed by atoms with Crippen LogP contribution in [0.1, 0.15) is 41.7 Å². The second-order valence-corrected chi connectivity index (χ2v) is 12.6. The van der Waals surface area contributed by atoms with E-state index in [9.17, 15) is 32.3 Å². The topological polar surface area (TPSA) is 195 Å². The number of carbonyl (C=O) groups is 1. The lowest BCUT2D eigenvalue weighted by molar-refractivity contribution is 0.112. The second-order valence-electron chi connectivity index (χ2n) is 12.6. The van der Waals surface area contributed by atoms with Gasteiger partial charge in [-0.2, -0.15) is 19.2 Å². The van der Waals surface area contributed by atoms with Crippen LogP contribution in [0.25, 0.3) is 17.4 Å². The highest BCUT2D eigenvalue weighted by molar-refractivity contribution is 5.85. The van der Waals surface area contributed by atoms with E-state index in [-0.39, 0.29) is 29.0 Å². The molecule has 5 heterocycles. The molecular formula is C35H28F4N12O3. The summed E-state index contributed by atoms with van der Waals surface area (Å²) in [5.74, 6) is -1.78. The largest absolute Gasteiger partial charge is 0.493 e. The summed E-state index contributed by atoms with van der Waals surface area (Å²) < 4.78 is 56.8. The molecule has 0 aliphatic heterocycles. The Kier molecular flexibility index (Phi) is 8.72. The molecule has 0 saturated heterocycles. The third kappa shape index (κ3) is 7.59. The number of hydrogen-bond acceptors (Lipinski definition) is 11. The van der Waals surface area contributed by atoms with Crippen molar-refractivity contribution in [2.75, 3.05) is 16.0 Å². The fourth-order valence-corrected chi connectivity index (χ4v) is 5.47. The van der Waals surface area contributed by atoms with Crippen molar-refractivity contribution in [1.29, 1.82) is 0 Å². The zero-order valence-electron chi connectivity index (χ0n) is 27.8. The molecule has 2 saturated carbocycles. The summed E-state index contributed by atoms with van der Waals surface area (Å²) in [6.07, 6.45) is 9.19. The Labute approximate surface area is 300 Å². The number of nitrogens with zero attached hydrogens (tertiary/aromatic N) is 7. The van der Waals surface area contributed by atoms with Crippen molar-refractivity contribution in [1.82, 2.24) is 39.2 Å². The first-order valence-electron chi connectivity index (χ1n) is 16.6. The van der Waals surface area contributed by atoms with E-state index in [4.69, 9.17) is 0 Å². The number of carbonyl (C=O) groups excluding carboxylic acids is 1. The first-order chi connectivity index (χ1) is 26.1. The van der Waals surface area contributed by atoms with Gasteiger partial charge in [-0.3, -0.25) is 14.8 Å². The molecule has 0 amide bonds. The van der Waals surface area contributed by atoms with Crippen LogP contribution in [-0.2, 0) is 0 Å². The smallest absolute Gasteiger partial charge is 0.326 e. The summed E-state index contributed by atoms with van der Waals surface area (Å²) in [7, 11) is 0. The Morgan fingerprint density at radius 2 is 1.39 bits per heavy atom. The van der Waals surface area contributed by atoms with Crippen LogP contribution in [0.5, 0.6) is 5.88 Å². The van der Waals surface area contributed by atoms with Gasteiger partial charge in [0.05, 0.1) is 24.0 Å². The first kappa shape index (κ1) is 34.1. The SMILES string of the molecule is O=Cc1cnn2c(NC3CC3)cc(Nc3cc(F)cc(F)c3)nc12.O=c1[nH]c(O)c(C=c2cnn3c(=NC4CC4)cc(Nc4cc(F)cc(F)c4)nc23)[nH]1. The third-order valence-electron chi connectivity index (χ3n) is 8.20. The molecule has 0 atom stereocenters. The standard InChI is InChI=1S/C19H15F2N7O2.C16H13F2N5O/c20-10-4-11(21)6-13(5-10)23-15-7-16(24-12-1-2-12)28-17(26-15)9(8-22-28)3-14-18(29)27-19(30)25-14;17-10-3-11(18)5-13(4-10)20-14-6-15(21-12-1-2-12)23-16(22-14)9(8-24)7-19-23/h3-8,12,23,29H,1-2H2,(H2,25,27,30);3-8,12,21H,1-2H2,(H,20,22). The molecular weight excluding hydrogens is 712 g/mol. The summed E-state index contributed by atoms with van der Waals surface area (Å²) in [6, 6.07) is 10.1. The van der Waals surface area contributed by atoms with Crippen LogP contribution in [0.4, 0.5) is 46.4 Å². The molecule has 0 unspecified atom stereocenters. The zero-order valence-corrected chi connectivity index (χ0v) is 27.8. The Morgan fingerprint density at radius 1 is 0.778 bits per heavy atom. The van der Waals surface area contributed by atoms with Crippen molar-refractivity contribution < 1.29 is 27.5 Å². The predicted octanol–water partition coefficient (Wildman–Crippen LogP) is 4.22. The number of aromatic nitrogens is 8. The van der Waals surface area contributed by atoms with E-state index in [1.165, 1.54) is 35.1 Å². The quantitative estimate of drug-likeness (QED) is 0.0922. The second kappa shape index (κ2) is 13.8. The van der Waals surface area contributed by atoms with Gasteiger partial charge >= 0.3 is 5.69 Å². The fourth-order valence-electron chi connectivity index (χ4n) is 5.47. The minimum absolute atomic E-state index is 0.169. The van der Waals surface area contributed by atoms with Crippen molar-refractivity contribution >= 4 is 52.5 Å². The maximum atomic E-state index is 13.5. The molecule has 19 heteroatoms. The lowest BCUT2D eigenvalue weighted by Crippen LogP contribution is -2.19. The Bertz CT molecular complexity index is 2710. The van der Waals surface area contributed by atoms with Crippen LogP contribution in [-0.4, -0.2) is 62.6 Å². The number of aromatic hydroxyl groups is 1. The lowest BCUT2D eigenvalue weighted by Gasteiger charge is -2.11. The molecule has 7 aromatic rings. The molecule has 2 aliphatic carbocycles. The van der Waals surface area contributed by atoms with Gasteiger partial charge in [0.15, 0.2) is 23.1 Å². The molecule has 0 bridgehead atoms. The lowest BCUT2D eigenvalue weighted by atomic mass is 10.3. The molecule has 9 rings (SSSR count). The number of benzene rings is 2. The average Bonchev–Trinajstić information content (AvgIpc) is 3.99. The number of rotatable bonds is 9. The van der Waals surface area contributed by atoms with E-state index >= 15 is 0 Å². The first-order valence-corrected chi connectivity index (χ1v) is 16.6. The maximum absolute atomic E-state index is 13.5. The van der Waals surface area contributed by atoms with Crippen molar-refractivity contribution in [2.24, 2.45) is 4.99 Å². The maximum Gasteiger partial charge on any atom is 0.326 e. The molecule has 54 heavy (non-hydrogen) atoms. The monoisotopic (exact) mass is 740 g/mol. The van der Waals surface area contributed by atoms with E-state index in [0.29, 0.717) is 57.3 Å². The average molecular weight is 741 g/mol. The summed E-state index contributed by atoms with van der Waals surface area (Å²) in [6.45, 7) is 0. The number of aromatic amines is 2. The number of imidazole rings is 1. The molecule has 6 N–H and O–H groups in total. The zero-order chi connectivity index (χ0) is 37.5. The summed E-state index contributed by atoms with van der Waals surface area (Å²) in [4.78, 5) is 40.7. The number of nitrogens with one attached hydrogen (secondary N) is 5. The highest BCUT2D eigenvalue weighted by atomic mass is 19.1. The Morgan fingerprint density at radius 3 is 1.96 bits per heavy atom. The van der Waals surface area contributed by atoms with Crippen LogP contribution < -0.4 is 32.3 Å². The van der Waals surface area contributed by atoms with E-state index < -0.39 is 29.0 Å². The van der Waals surface area contributed by atoms with E-state index in [1.54, 1.807) is 16.6 Å². The third-order valence-corrected chi connectivity index (χ3v) is 8.20. The van der Waals surface area contributed by atoms with E-state index in [1.807, 2.05) is 0 Å². The minimum atomic E-state index is -0.716. The van der Waals surface area contributed by atoms with Gasteiger partial charge in [-0.1, -0.05) is 0 Å². The van der Waals surface area contributed by atoms with Gasteiger partial charge in [-0.15, -0.1) is 0 Å². The number of hydrogen-bond donors (Lipinski definition) is 6. The summed E-state index contributed by atoms with van der Waals surface area (Å²) in [5.41, 5.74) is 1.66. The van der Waals surface area contributed by atoms with Crippen LogP contribution in [0.2, 0.25) is 0 Å². The van der Waals surface area contributed by atoms with Gasteiger partial charge in [0.25, 0.3) is 0 Å². The Hall–Kier alpha value is -7.05. The molecule has 0 radical (unpaired) electrons. The highest BCUT2D eigenvalue weighted by Gasteiger charge is 2.23. The Balaban J connectivity index is 0.000000157. The predicted molar refractivity (Wildman–Crippen MR) is 188 cm³/mol. The summed E-state index contributed by atoms with van der Waals surface area (Å²) >= 11 is 0. The fraction of sp³-hybridized carbons (Fsp3) is 0.171. The van der Waals surface area contributed by atoms with Crippen molar-refractivity contribution in [3.05, 3.63) is 117 Å². The van der Waals surface area contributed by atoms with Gasteiger partial charge in [-0.25, -0.2) is 32.3 Å². The highest BCUT2D eigenvalue weighted by Crippen LogP contribution is 2.28. The normalized spacial score (nSPS) is 14.7. The van der Waals surface area contributed by atoms with Gasteiger partial charge in [-0.05, 0) is 56.0 Å². The van der Waals surface area contributed by atoms with Crippen LogP contribution >= 0.6 is 0 Å². The van der Waals surface area contributed by atoms with Crippen molar-refractivity contribution in [2.45, 2.75) is 37.8 Å². The van der Waals surface area contributed by atoms with Crippen molar-refractivity contribution in [3.63, 3.8) is 0 Å². The van der Waals surface area contributed by atoms with Gasteiger partial charge in [0.1, 0.15) is 46.4 Å². The van der Waals surface area contributed by atoms with Crippen LogP contribution in [0, 0.1) is 23.3 Å². The molecule has 2 fully saturated rings. The van der Waals surface area contributed by atoms with Gasteiger partial charge < -0.3 is 26.0 Å². The summed E-state index contributed by atoms with van der Waals surface area (Å²) in [5, 5.41) is 27.8. The van der Waals surface area contributed by atoms with E-state index in [0.717, 1.165) is 49.9 Å². The van der Waals surface area contributed by atoms with Crippen molar-refractivity contribution in [3.8, 4) is 5.88 Å². The van der Waals surface area contributed by atoms with Gasteiger partial charge in [0.2, 0.25) is 5.88 Å². The molecule has 2 aromatic carbocycles. The molecule has 2 aliphatic rings. The van der Waals surface area contributed by atoms with Crippen LogP contribution in [0.3, 0.4) is 0 Å².